The number of rotatable bonds is 7. The van der Waals surface area contributed by atoms with E-state index in [-0.39, 0.29) is 5.69 Å². The van der Waals surface area contributed by atoms with Crippen LogP contribution < -0.4 is 9.75 Å². The molecule has 2 aromatic heterocycles. The van der Waals surface area contributed by atoms with E-state index in [9.17, 15) is 14.9 Å². The Labute approximate surface area is 186 Å². The third-order valence-electron chi connectivity index (χ3n) is 4.32. The van der Waals surface area contributed by atoms with Crippen molar-refractivity contribution in [2.45, 2.75) is 0 Å². The van der Waals surface area contributed by atoms with E-state index < -0.39 is 10.8 Å². The monoisotopic (exact) mass is 448 g/mol. The number of methoxy groups -OCH3 is 1. The topological polar surface area (TPSA) is 111 Å². The van der Waals surface area contributed by atoms with Gasteiger partial charge in [-0.3, -0.25) is 14.9 Å². The first kappa shape index (κ1) is 20.9. The van der Waals surface area contributed by atoms with Crippen molar-refractivity contribution in [1.29, 1.82) is 0 Å². The van der Waals surface area contributed by atoms with Crippen LogP contribution in [0.1, 0.15) is 11.3 Å². The standard InChI is InChI=1S/C22H16N4O5S/c1-30-17-8-9-19-20(13-17)32-22(24-19)25(23-14-18-6-3-11-31-18)21(27)10-7-15-4-2-5-16(12-15)26(28)29/h2-14H,1H3/b10-7+,23-14+. The molecule has 0 bridgehead atoms. The number of hydrogen-bond donors (Lipinski definition) is 0. The second-order valence-corrected chi connectivity index (χ2v) is 7.43. The van der Waals surface area contributed by atoms with Crippen molar-refractivity contribution in [3.63, 3.8) is 0 Å². The second-order valence-electron chi connectivity index (χ2n) is 6.43. The number of hydrazone groups is 1. The summed E-state index contributed by atoms with van der Waals surface area (Å²) in [7, 11) is 1.57. The minimum absolute atomic E-state index is 0.0626. The number of carbonyl (C=O) groups excluding carboxylic acids is 1. The highest BCUT2D eigenvalue weighted by molar-refractivity contribution is 7.22. The van der Waals surface area contributed by atoms with Crippen LogP contribution in [0.15, 0.2) is 76.5 Å². The molecule has 4 aromatic rings. The predicted octanol–water partition coefficient (Wildman–Crippen LogP) is 4.89. The molecule has 2 heterocycles. The van der Waals surface area contributed by atoms with Crippen molar-refractivity contribution in [3.05, 3.63) is 88.4 Å². The molecule has 0 aliphatic heterocycles. The average molecular weight is 448 g/mol. The van der Waals surface area contributed by atoms with E-state index in [1.165, 1.54) is 48.1 Å². The van der Waals surface area contributed by atoms with Gasteiger partial charge < -0.3 is 9.15 Å². The largest absolute Gasteiger partial charge is 0.497 e. The van der Waals surface area contributed by atoms with E-state index in [0.717, 1.165) is 9.71 Å². The van der Waals surface area contributed by atoms with Gasteiger partial charge in [-0.15, -0.1) is 0 Å². The molecule has 0 saturated heterocycles. The van der Waals surface area contributed by atoms with E-state index in [4.69, 9.17) is 9.15 Å². The summed E-state index contributed by atoms with van der Waals surface area (Å²) in [6.07, 6.45) is 5.68. The predicted molar refractivity (Wildman–Crippen MR) is 122 cm³/mol. The Kier molecular flexibility index (Phi) is 6.04. The quantitative estimate of drug-likeness (QED) is 0.172. The number of nitro benzene ring substituents is 1. The van der Waals surface area contributed by atoms with Gasteiger partial charge in [-0.1, -0.05) is 23.5 Å². The fourth-order valence-electron chi connectivity index (χ4n) is 2.77. The van der Waals surface area contributed by atoms with Crippen molar-refractivity contribution >= 4 is 50.6 Å². The molecule has 0 fully saturated rings. The van der Waals surface area contributed by atoms with Crippen molar-refractivity contribution in [2.24, 2.45) is 5.10 Å². The van der Waals surface area contributed by atoms with Gasteiger partial charge in [0.1, 0.15) is 11.5 Å². The summed E-state index contributed by atoms with van der Waals surface area (Å²) in [5.41, 5.74) is 1.14. The van der Waals surface area contributed by atoms with Gasteiger partial charge in [0.15, 0.2) is 0 Å². The van der Waals surface area contributed by atoms with Gasteiger partial charge in [0.05, 0.1) is 34.7 Å². The van der Waals surface area contributed by atoms with Gasteiger partial charge in [0, 0.05) is 18.2 Å². The third-order valence-corrected chi connectivity index (χ3v) is 5.31. The Bertz CT molecular complexity index is 1330. The zero-order valence-corrected chi connectivity index (χ0v) is 17.6. The second kappa shape index (κ2) is 9.23. The first-order valence-corrected chi connectivity index (χ1v) is 10.1. The van der Waals surface area contributed by atoms with E-state index in [1.54, 1.807) is 43.5 Å². The Balaban J connectivity index is 1.66. The lowest BCUT2D eigenvalue weighted by Gasteiger charge is -2.10. The Morgan fingerprint density at radius 3 is 2.88 bits per heavy atom. The van der Waals surface area contributed by atoms with Crippen LogP contribution in [0.3, 0.4) is 0 Å². The number of amides is 1. The molecule has 0 radical (unpaired) electrons. The van der Waals surface area contributed by atoms with E-state index in [2.05, 4.69) is 10.1 Å². The first-order valence-electron chi connectivity index (χ1n) is 9.32. The highest BCUT2D eigenvalue weighted by Crippen LogP contribution is 2.32. The molecular formula is C22H16N4O5S. The number of benzene rings is 2. The van der Waals surface area contributed by atoms with Crippen molar-refractivity contribution in [2.75, 3.05) is 12.1 Å². The van der Waals surface area contributed by atoms with Gasteiger partial charge in [-0.25, -0.2) is 4.98 Å². The van der Waals surface area contributed by atoms with Gasteiger partial charge >= 0.3 is 0 Å². The highest BCUT2D eigenvalue weighted by Gasteiger charge is 2.18. The SMILES string of the molecule is COc1ccc2nc(N(/N=C/c3ccco3)C(=O)/C=C/c3cccc([N+](=O)[O-])c3)sc2c1. The smallest absolute Gasteiger partial charge is 0.273 e. The number of ether oxygens (including phenoxy) is 1. The average Bonchev–Trinajstić information content (AvgIpc) is 3.47. The summed E-state index contributed by atoms with van der Waals surface area (Å²) < 4.78 is 11.3. The number of fused-ring (bicyclic) bond motifs is 1. The molecule has 0 aliphatic rings. The summed E-state index contributed by atoms with van der Waals surface area (Å²) in [6, 6.07) is 14.8. The van der Waals surface area contributed by atoms with Crippen LogP contribution in [0.4, 0.5) is 10.8 Å². The first-order chi connectivity index (χ1) is 15.5. The van der Waals surface area contributed by atoms with Crippen molar-refractivity contribution in [3.8, 4) is 5.75 Å². The molecule has 160 valence electrons. The summed E-state index contributed by atoms with van der Waals surface area (Å²) in [5, 5.41) is 16.7. The van der Waals surface area contributed by atoms with Crippen LogP contribution in [0.25, 0.3) is 16.3 Å². The van der Waals surface area contributed by atoms with Crippen LogP contribution >= 0.6 is 11.3 Å². The number of nitrogens with zero attached hydrogens (tertiary/aromatic N) is 4. The minimum Gasteiger partial charge on any atom is -0.497 e. The molecule has 0 saturated carbocycles. The molecular weight excluding hydrogens is 432 g/mol. The fraction of sp³-hybridized carbons (Fsp3) is 0.0455. The lowest BCUT2D eigenvalue weighted by molar-refractivity contribution is -0.384. The summed E-state index contributed by atoms with van der Waals surface area (Å²) in [4.78, 5) is 28.0. The Morgan fingerprint density at radius 1 is 1.25 bits per heavy atom. The number of aromatic nitrogens is 1. The lowest BCUT2D eigenvalue weighted by Crippen LogP contribution is -2.23. The lowest BCUT2D eigenvalue weighted by atomic mass is 10.2. The maximum Gasteiger partial charge on any atom is 0.273 e. The van der Waals surface area contributed by atoms with E-state index in [1.807, 2.05) is 6.07 Å². The zero-order valence-electron chi connectivity index (χ0n) is 16.7. The van der Waals surface area contributed by atoms with Gasteiger partial charge in [-0.05, 0) is 42.0 Å². The van der Waals surface area contributed by atoms with Gasteiger partial charge in [0.25, 0.3) is 11.6 Å². The molecule has 9 nitrogen and oxygen atoms in total. The molecule has 4 rings (SSSR count). The van der Waals surface area contributed by atoms with Crippen LogP contribution in [0.2, 0.25) is 0 Å². The van der Waals surface area contributed by atoms with Crippen LogP contribution in [-0.2, 0) is 4.79 Å². The van der Waals surface area contributed by atoms with Crippen molar-refractivity contribution < 1.29 is 18.9 Å². The van der Waals surface area contributed by atoms with Crippen LogP contribution in [-0.4, -0.2) is 29.1 Å². The normalized spacial score (nSPS) is 11.4. The number of non-ortho nitro benzene ring substituents is 1. The number of nitro groups is 1. The molecule has 0 atom stereocenters. The maximum atomic E-state index is 13.0. The molecule has 32 heavy (non-hydrogen) atoms. The summed E-state index contributed by atoms with van der Waals surface area (Å²) >= 11 is 1.27. The fourth-order valence-corrected chi connectivity index (χ4v) is 3.73. The molecule has 0 spiro atoms. The molecule has 10 heteroatoms. The third kappa shape index (κ3) is 4.71. The summed E-state index contributed by atoms with van der Waals surface area (Å²) in [5.74, 6) is 0.661. The molecule has 2 aromatic carbocycles. The Hall–Kier alpha value is -4.31. The molecule has 0 N–H and O–H groups in total. The number of carbonyl (C=O) groups is 1. The zero-order chi connectivity index (χ0) is 22.5. The molecule has 0 aliphatic carbocycles. The van der Waals surface area contributed by atoms with Crippen LogP contribution in [0.5, 0.6) is 5.75 Å². The number of anilines is 1. The molecule has 1 amide bonds. The van der Waals surface area contributed by atoms with Crippen LogP contribution in [0, 0.1) is 10.1 Å². The van der Waals surface area contributed by atoms with Crippen molar-refractivity contribution in [1.82, 2.24) is 4.98 Å². The molecule has 0 unspecified atom stereocenters. The number of thiazole rings is 1. The van der Waals surface area contributed by atoms with E-state index >= 15 is 0 Å². The van der Waals surface area contributed by atoms with Gasteiger partial charge in [0.2, 0.25) is 5.13 Å². The Morgan fingerprint density at radius 2 is 2.12 bits per heavy atom. The number of furan rings is 1. The minimum atomic E-state index is -0.492. The van der Waals surface area contributed by atoms with E-state index in [0.29, 0.717) is 27.7 Å². The maximum absolute atomic E-state index is 13.0. The summed E-state index contributed by atoms with van der Waals surface area (Å²) in [6.45, 7) is 0. The number of hydrogen-bond acceptors (Lipinski definition) is 8. The highest BCUT2D eigenvalue weighted by atomic mass is 32.1. The van der Waals surface area contributed by atoms with Gasteiger partial charge in [-0.2, -0.15) is 10.1 Å².